The minimum atomic E-state index is -0.941. The van der Waals surface area contributed by atoms with E-state index in [4.69, 9.17) is 10.5 Å². The molecule has 0 fully saturated rings. The van der Waals surface area contributed by atoms with Gasteiger partial charge in [0, 0.05) is 11.1 Å². The summed E-state index contributed by atoms with van der Waals surface area (Å²) in [5, 5.41) is 9.54. The van der Waals surface area contributed by atoms with Crippen LogP contribution >= 0.6 is 0 Å². The summed E-state index contributed by atoms with van der Waals surface area (Å²) in [7, 11) is 0. The number of rotatable bonds is 3. The fourth-order valence-corrected chi connectivity index (χ4v) is 2.40. The first-order valence-electron chi connectivity index (χ1n) is 7.74. The van der Waals surface area contributed by atoms with Crippen molar-refractivity contribution in [2.45, 2.75) is 6.04 Å². The van der Waals surface area contributed by atoms with Crippen LogP contribution in [0.4, 0.5) is 4.79 Å². The summed E-state index contributed by atoms with van der Waals surface area (Å²) < 4.78 is 5.73. The van der Waals surface area contributed by atoms with E-state index in [0.29, 0.717) is 17.6 Å². The van der Waals surface area contributed by atoms with E-state index >= 15 is 0 Å². The molecule has 1 atom stereocenters. The summed E-state index contributed by atoms with van der Waals surface area (Å²) in [6.07, 6.45) is 0. The van der Waals surface area contributed by atoms with Crippen molar-refractivity contribution in [3.63, 3.8) is 0 Å². The molecule has 126 valence electrons. The van der Waals surface area contributed by atoms with Gasteiger partial charge in [-0.15, -0.1) is 0 Å². The number of amides is 2. The number of aliphatic imine (C=N–C) groups is 1. The maximum Gasteiger partial charge on any atom is 0.339 e. The Balaban J connectivity index is 1.74. The molecule has 1 unspecified atom stereocenters. The van der Waals surface area contributed by atoms with E-state index in [9.17, 15) is 10.0 Å². The third-order valence-corrected chi connectivity index (χ3v) is 3.66. The fraction of sp³-hybridized carbons (Fsp3) is 0.158. The molecule has 6 nitrogen and oxygen atoms in total. The van der Waals surface area contributed by atoms with Gasteiger partial charge in [-0.25, -0.2) is 9.79 Å². The van der Waals surface area contributed by atoms with E-state index in [0.717, 1.165) is 16.7 Å². The van der Waals surface area contributed by atoms with Crippen LogP contribution in [-0.2, 0) is 4.74 Å². The van der Waals surface area contributed by atoms with E-state index in [1.54, 1.807) is 0 Å². The summed E-state index contributed by atoms with van der Waals surface area (Å²) in [6.45, 7) is 0.348. The average molecular weight is 335 g/mol. The maximum atomic E-state index is 10.7. The Morgan fingerprint density at radius 2 is 2.08 bits per heavy atom. The number of urea groups is 1. The zero-order valence-electron chi connectivity index (χ0n) is 13.4. The lowest BCUT2D eigenvalue weighted by Gasteiger charge is -2.05. The summed E-state index contributed by atoms with van der Waals surface area (Å²) in [5.74, 6) is 6.13. The van der Waals surface area contributed by atoms with Crippen molar-refractivity contribution >= 4 is 11.9 Å². The van der Waals surface area contributed by atoms with Gasteiger partial charge >= 0.3 is 6.03 Å². The van der Waals surface area contributed by atoms with E-state index < -0.39 is 6.03 Å². The number of nitrogens with zero attached hydrogens (tertiary/aromatic N) is 2. The van der Waals surface area contributed by atoms with Crippen LogP contribution in [-0.4, -0.2) is 35.4 Å². The van der Waals surface area contributed by atoms with Crippen molar-refractivity contribution in [1.82, 2.24) is 5.06 Å². The van der Waals surface area contributed by atoms with Gasteiger partial charge in [0.1, 0.15) is 19.2 Å². The van der Waals surface area contributed by atoms with Crippen LogP contribution in [0.15, 0.2) is 59.6 Å². The van der Waals surface area contributed by atoms with E-state index in [1.807, 2.05) is 54.6 Å². The van der Waals surface area contributed by atoms with Gasteiger partial charge in [-0.2, -0.15) is 5.06 Å². The van der Waals surface area contributed by atoms with Gasteiger partial charge in [0.2, 0.25) is 5.90 Å². The van der Waals surface area contributed by atoms with E-state index in [2.05, 4.69) is 16.8 Å². The highest BCUT2D eigenvalue weighted by atomic mass is 16.5. The SMILES string of the molecule is NC(=O)N(O)CC#Cc1cccc(C2=NC(c3ccccc3)CO2)c1. The Kier molecular flexibility index (Phi) is 4.97. The van der Waals surface area contributed by atoms with Gasteiger partial charge < -0.3 is 10.5 Å². The molecule has 2 aromatic carbocycles. The fourth-order valence-electron chi connectivity index (χ4n) is 2.40. The second-order valence-electron chi connectivity index (χ2n) is 5.45. The highest BCUT2D eigenvalue weighted by molar-refractivity contribution is 5.95. The predicted molar refractivity (Wildman–Crippen MR) is 93.1 cm³/mol. The van der Waals surface area contributed by atoms with Gasteiger partial charge in [-0.1, -0.05) is 48.2 Å². The molecule has 0 saturated heterocycles. The molecule has 1 heterocycles. The molecule has 1 aliphatic rings. The number of nitrogens with two attached hydrogens (primary N) is 1. The third kappa shape index (κ3) is 4.16. The summed E-state index contributed by atoms with van der Waals surface area (Å²) >= 11 is 0. The number of primary amides is 1. The average Bonchev–Trinajstić information content (AvgIpc) is 3.13. The van der Waals surface area contributed by atoms with Crippen LogP contribution < -0.4 is 5.73 Å². The molecule has 0 aliphatic carbocycles. The van der Waals surface area contributed by atoms with E-state index in [1.165, 1.54) is 0 Å². The maximum absolute atomic E-state index is 10.7. The Morgan fingerprint density at radius 1 is 1.28 bits per heavy atom. The Hall–Kier alpha value is -3.30. The van der Waals surface area contributed by atoms with Crippen molar-refractivity contribution < 1.29 is 14.7 Å². The highest BCUT2D eigenvalue weighted by Crippen LogP contribution is 2.25. The van der Waals surface area contributed by atoms with Crippen molar-refractivity contribution in [3.05, 3.63) is 71.3 Å². The number of hydroxylamine groups is 2. The minimum Gasteiger partial charge on any atom is -0.475 e. The number of benzene rings is 2. The largest absolute Gasteiger partial charge is 0.475 e. The lowest BCUT2D eigenvalue weighted by atomic mass is 10.1. The third-order valence-electron chi connectivity index (χ3n) is 3.66. The quantitative estimate of drug-likeness (QED) is 0.512. The smallest absolute Gasteiger partial charge is 0.339 e. The lowest BCUT2D eigenvalue weighted by Crippen LogP contribution is -2.32. The monoisotopic (exact) mass is 335 g/mol. The van der Waals surface area contributed by atoms with Crippen LogP contribution in [0.1, 0.15) is 22.7 Å². The van der Waals surface area contributed by atoms with Gasteiger partial charge in [0.15, 0.2) is 0 Å². The van der Waals surface area contributed by atoms with Crippen LogP contribution in [0, 0.1) is 11.8 Å². The molecular weight excluding hydrogens is 318 g/mol. The van der Waals surface area contributed by atoms with Crippen LogP contribution in [0.25, 0.3) is 0 Å². The molecule has 2 aromatic rings. The van der Waals surface area contributed by atoms with Crippen molar-refractivity contribution in [2.24, 2.45) is 10.7 Å². The number of carbonyl (C=O) groups excluding carboxylic acids is 1. The second kappa shape index (κ2) is 7.51. The first kappa shape index (κ1) is 16.6. The van der Waals surface area contributed by atoms with Gasteiger partial charge in [0.25, 0.3) is 0 Å². The number of hydrogen-bond acceptors (Lipinski definition) is 4. The Bertz CT molecular complexity index is 853. The number of hydrogen-bond donors (Lipinski definition) is 2. The van der Waals surface area contributed by atoms with Crippen LogP contribution in [0.2, 0.25) is 0 Å². The molecule has 3 rings (SSSR count). The summed E-state index contributed by atoms with van der Waals surface area (Å²) in [6, 6.07) is 16.5. The standard InChI is InChI=1S/C19H17N3O3/c20-19(23)22(24)11-5-7-14-6-4-10-16(12-14)18-21-17(13-25-18)15-8-2-1-3-9-15/h1-4,6,8-10,12,17,24H,11,13H2,(H2,20,23). The molecule has 0 aromatic heterocycles. The molecule has 6 heteroatoms. The molecule has 3 N–H and O–H groups in total. The topological polar surface area (TPSA) is 88.2 Å². The first-order chi connectivity index (χ1) is 12.1. The van der Waals surface area contributed by atoms with Crippen molar-refractivity contribution in [3.8, 4) is 11.8 Å². The Labute approximate surface area is 145 Å². The predicted octanol–water partition coefficient (Wildman–Crippen LogP) is 2.33. The minimum absolute atomic E-state index is 0.00976. The molecule has 0 saturated carbocycles. The van der Waals surface area contributed by atoms with Crippen LogP contribution in [0.3, 0.4) is 0 Å². The zero-order valence-corrected chi connectivity index (χ0v) is 13.4. The molecule has 1 aliphatic heterocycles. The Morgan fingerprint density at radius 3 is 2.84 bits per heavy atom. The summed E-state index contributed by atoms with van der Waals surface area (Å²) in [4.78, 5) is 15.4. The normalized spacial score (nSPS) is 15.6. The van der Waals surface area contributed by atoms with Crippen molar-refractivity contribution in [1.29, 1.82) is 0 Å². The number of carbonyl (C=O) groups is 1. The molecule has 0 bridgehead atoms. The molecule has 0 radical (unpaired) electrons. The molecule has 2 amide bonds. The van der Waals surface area contributed by atoms with Gasteiger partial charge in [-0.3, -0.25) is 5.21 Å². The van der Waals surface area contributed by atoms with Gasteiger partial charge in [-0.05, 0) is 23.8 Å². The highest BCUT2D eigenvalue weighted by Gasteiger charge is 2.21. The second-order valence-corrected chi connectivity index (χ2v) is 5.45. The zero-order chi connectivity index (χ0) is 17.6. The first-order valence-corrected chi connectivity index (χ1v) is 7.74. The molecular formula is C19H17N3O3. The summed E-state index contributed by atoms with van der Waals surface area (Å²) in [5.41, 5.74) is 7.59. The van der Waals surface area contributed by atoms with Crippen molar-refractivity contribution in [2.75, 3.05) is 13.2 Å². The molecule has 25 heavy (non-hydrogen) atoms. The van der Waals surface area contributed by atoms with E-state index in [-0.39, 0.29) is 12.6 Å². The van der Waals surface area contributed by atoms with Crippen LogP contribution in [0.5, 0.6) is 0 Å². The lowest BCUT2D eigenvalue weighted by molar-refractivity contribution is -0.0269. The van der Waals surface area contributed by atoms with Gasteiger partial charge in [0.05, 0.1) is 0 Å². The molecule has 0 spiro atoms. The number of ether oxygens (including phenoxy) is 1.